The van der Waals surface area contributed by atoms with Crippen LogP contribution in [0.3, 0.4) is 0 Å². The molecule has 0 rings (SSSR count). The van der Waals surface area contributed by atoms with E-state index in [0.717, 1.165) is 0 Å². The number of nitrogens with two attached hydrogens (primary N) is 1. The van der Waals surface area contributed by atoms with Crippen LogP contribution in [0.5, 0.6) is 0 Å². The molecule has 0 aliphatic heterocycles. The lowest BCUT2D eigenvalue weighted by Crippen LogP contribution is -2.27. The molecule has 0 saturated carbocycles. The number of alkyl halides is 1. The Morgan fingerprint density at radius 1 is 1.50 bits per heavy atom. The fourth-order valence-corrected chi connectivity index (χ4v) is 0.397. The molecule has 3 amide bonds. The van der Waals surface area contributed by atoms with Crippen LogP contribution in [0.4, 0.5) is 9.18 Å². The summed E-state index contributed by atoms with van der Waals surface area (Å²) in [5, 5.41) is 2.85. The van der Waals surface area contributed by atoms with Gasteiger partial charge in [-0.05, 0) is 6.42 Å². The Morgan fingerprint density at radius 2 is 2.10 bits per heavy atom. The second-order valence-corrected chi connectivity index (χ2v) is 1.64. The topological polar surface area (TPSA) is 74.3 Å². The number of imide groups is 1. The van der Waals surface area contributed by atoms with Crippen LogP contribution in [-0.4, -0.2) is 18.6 Å². The van der Waals surface area contributed by atoms with Crippen LogP contribution in [0.25, 0.3) is 0 Å². The van der Waals surface area contributed by atoms with Crippen molar-refractivity contribution >= 4 is 11.9 Å². The molecule has 0 aromatic rings. The van der Waals surface area contributed by atoms with Crippen molar-refractivity contribution in [2.75, 3.05) is 6.67 Å². The van der Waals surface area contributed by atoms with Crippen LogP contribution >= 0.6 is 0 Å². The molecule has 57 valence electrons. The molecule has 0 aromatic carbocycles. The zero-order valence-corrected chi connectivity index (χ0v) is 5.34. The Bertz CT molecular complexity index is 138. The first-order chi connectivity index (χ1) is 4.66. The average molecular weight is 147 g/mol. The minimum absolute atomic E-state index is 0.0561. The molecule has 1 radical (unpaired) electrons. The quantitative estimate of drug-likeness (QED) is 0.607. The van der Waals surface area contributed by atoms with Crippen molar-refractivity contribution in [1.29, 1.82) is 0 Å². The lowest BCUT2D eigenvalue weighted by Gasteiger charge is -1.92. The van der Waals surface area contributed by atoms with Crippen LogP contribution in [-0.2, 0) is 4.79 Å². The molecule has 0 spiro atoms. The van der Waals surface area contributed by atoms with Gasteiger partial charge in [0.2, 0.25) is 5.91 Å². The van der Waals surface area contributed by atoms with Crippen molar-refractivity contribution in [3.63, 3.8) is 0 Å². The van der Waals surface area contributed by atoms with Gasteiger partial charge in [0.05, 0.1) is 6.67 Å². The molecule has 0 fully saturated rings. The third kappa shape index (κ3) is 5.02. The van der Waals surface area contributed by atoms with Crippen LogP contribution in [0.15, 0.2) is 0 Å². The normalized spacial score (nSPS) is 8.90. The Balaban J connectivity index is 3.35. The molecule has 0 aliphatic carbocycles. The molecule has 0 heterocycles. The van der Waals surface area contributed by atoms with Crippen molar-refractivity contribution in [3.05, 3.63) is 0 Å². The number of primary amides is 1. The maximum absolute atomic E-state index is 11.4. The fraction of sp³-hybridized carbons (Fsp3) is 0.600. The highest BCUT2D eigenvalue weighted by Gasteiger charge is 2.04. The van der Waals surface area contributed by atoms with Gasteiger partial charge in [0, 0.05) is 6.42 Å². The van der Waals surface area contributed by atoms with Crippen LogP contribution < -0.4 is 11.1 Å². The second kappa shape index (κ2) is 4.72. The van der Waals surface area contributed by atoms with Gasteiger partial charge in [-0.15, -0.1) is 0 Å². The van der Waals surface area contributed by atoms with Crippen molar-refractivity contribution in [2.45, 2.75) is 12.8 Å². The second-order valence-electron chi connectivity index (χ2n) is 1.64. The molecule has 5 heteroatoms. The number of urea groups is 1. The van der Waals surface area contributed by atoms with Crippen molar-refractivity contribution in [2.24, 2.45) is 5.73 Å². The first-order valence-electron chi connectivity index (χ1n) is 2.76. The first kappa shape index (κ1) is 8.87. The number of hydrogen-bond donors (Lipinski definition) is 1. The van der Waals surface area contributed by atoms with E-state index in [0.29, 0.717) is 0 Å². The minimum atomic E-state index is -1.02. The lowest BCUT2D eigenvalue weighted by atomic mass is 10.3. The summed E-state index contributed by atoms with van der Waals surface area (Å²) in [6, 6.07) is -1.02. The number of carbonyl (C=O) groups excluding carboxylic acids is 2. The standard InChI is InChI=1S/C5H8FN2O2/c6-3-1-2-4(9)8-5(7)10/h1-3H2,(H2,7,10). The fourth-order valence-electron chi connectivity index (χ4n) is 0.397. The molecule has 2 N–H and O–H groups in total. The molecule has 0 aromatic heterocycles. The molecule has 4 nitrogen and oxygen atoms in total. The van der Waals surface area contributed by atoms with Gasteiger partial charge in [-0.25, -0.2) is 4.79 Å². The summed E-state index contributed by atoms with van der Waals surface area (Å²) >= 11 is 0. The highest BCUT2D eigenvalue weighted by molar-refractivity contribution is 5.92. The van der Waals surface area contributed by atoms with Crippen LogP contribution in [0.2, 0.25) is 0 Å². The monoisotopic (exact) mass is 147 g/mol. The smallest absolute Gasteiger partial charge is 0.341 e. The van der Waals surface area contributed by atoms with Crippen molar-refractivity contribution in [1.82, 2.24) is 5.32 Å². The number of halogens is 1. The van der Waals surface area contributed by atoms with Gasteiger partial charge in [-0.1, -0.05) is 0 Å². The van der Waals surface area contributed by atoms with Crippen molar-refractivity contribution < 1.29 is 14.0 Å². The van der Waals surface area contributed by atoms with Crippen LogP contribution in [0, 0.1) is 0 Å². The first-order valence-corrected chi connectivity index (χ1v) is 2.76. The van der Waals surface area contributed by atoms with Gasteiger partial charge in [-0.2, -0.15) is 5.32 Å². The van der Waals surface area contributed by atoms with Gasteiger partial charge in [0.25, 0.3) is 0 Å². The summed E-state index contributed by atoms with van der Waals surface area (Å²) in [6.07, 6.45) is 0.0368. The molecular weight excluding hydrogens is 139 g/mol. The highest BCUT2D eigenvalue weighted by atomic mass is 19.1. The van der Waals surface area contributed by atoms with E-state index < -0.39 is 18.6 Å². The maximum Gasteiger partial charge on any atom is 0.341 e. The predicted molar refractivity (Wildman–Crippen MR) is 31.9 cm³/mol. The van der Waals surface area contributed by atoms with Gasteiger partial charge in [0.1, 0.15) is 0 Å². The number of rotatable bonds is 3. The SMILES string of the molecule is NC(=O)[N]C(=O)CCCF. The van der Waals surface area contributed by atoms with Crippen LogP contribution in [0.1, 0.15) is 12.8 Å². The van der Waals surface area contributed by atoms with Gasteiger partial charge in [-0.3, -0.25) is 9.18 Å². The minimum Gasteiger partial charge on any atom is -0.350 e. The highest BCUT2D eigenvalue weighted by Crippen LogP contribution is 1.89. The third-order valence-electron chi connectivity index (χ3n) is 0.759. The summed E-state index contributed by atoms with van der Waals surface area (Å²) in [5.41, 5.74) is 4.54. The van der Waals surface area contributed by atoms with E-state index in [1.807, 2.05) is 0 Å². The summed E-state index contributed by atoms with van der Waals surface area (Å²) in [6.45, 7) is -0.583. The number of hydrogen-bond acceptors (Lipinski definition) is 2. The number of amides is 3. The van der Waals surface area contributed by atoms with Crippen molar-refractivity contribution in [3.8, 4) is 0 Å². The van der Waals surface area contributed by atoms with E-state index in [-0.39, 0.29) is 12.8 Å². The molecule has 0 bridgehead atoms. The van der Waals surface area contributed by atoms with E-state index in [2.05, 4.69) is 11.1 Å². The lowest BCUT2D eigenvalue weighted by molar-refractivity contribution is -0.120. The van der Waals surface area contributed by atoms with E-state index in [1.165, 1.54) is 0 Å². The van der Waals surface area contributed by atoms with E-state index >= 15 is 0 Å². The molecular formula is C5H8FN2O2. The van der Waals surface area contributed by atoms with E-state index in [4.69, 9.17) is 0 Å². The van der Waals surface area contributed by atoms with E-state index in [1.54, 1.807) is 0 Å². The van der Waals surface area contributed by atoms with E-state index in [9.17, 15) is 14.0 Å². The molecule has 0 atom stereocenters. The summed E-state index contributed by atoms with van der Waals surface area (Å²) in [7, 11) is 0. The largest absolute Gasteiger partial charge is 0.350 e. The maximum atomic E-state index is 11.4. The zero-order valence-electron chi connectivity index (χ0n) is 5.34. The number of carbonyl (C=O) groups is 2. The molecule has 0 aliphatic rings. The van der Waals surface area contributed by atoms with Gasteiger partial charge >= 0.3 is 6.03 Å². The Kier molecular flexibility index (Phi) is 4.19. The number of nitrogens with zero attached hydrogens (tertiary/aromatic N) is 1. The zero-order chi connectivity index (χ0) is 7.98. The Labute approximate surface area is 57.6 Å². The predicted octanol–water partition coefficient (Wildman–Crippen LogP) is -0.0542. The Morgan fingerprint density at radius 3 is 2.50 bits per heavy atom. The molecule has 0 saturated heterocycles. The Hall–Kier alpha value is -1.13. The average Bonchev–Trinajstić information content (AvgIpc) is 1.82. The van der Waals surface area contributed by atoms with Gasteiger partial charge < -0.3 is 5.73 Å². The molecule has 10 heavy (non-hydrogen) atoms. The molecule has 0 unspecified atom stereocenters. The summed E-state index contributed by atoms with van der Waals surface area (Å²) in [5.74, 6) is -0.662. The summed E-state index contributed by atoms with van der Waals surface area (Å²) < 4.78 is 11.4. The van der Waals surface area contributed by atoms with Gasteiger partial charge in [0.15, 0.2) is 0 Å². The third-order valence-corrected chi connectivity index (χ3v) is 0.759. The summed E-state index contributed by atoms with van der Waals surface area (Å²) in [4.78, 5) is 20.3.